The van der Waals surface area contributed by atoms with Gasteiger partial charge in [-0.25, -0.2) is 13.6 Å². The topological polar surface area (TPSA) is 55.9 Å². The lowest BCUT2D eigenvalue weighted by Gasteiger charge is -2.40. The third kappa shape index (κ3) is 5.86. The molecule has 0 aliphatic carbocycles. The number of hydrogen-bond donors (Lipinski definition) is 1. The number of nitrogens with zero attached hydrogens (tertiary/aromatic N) is 3. The molecule has 2 aliphatic rings. The molecule has 0 atom stereocenters. The van der Waals surface area contributed by atoms with Crippen molar-refractivity contribution in [2.45, 2.75) is 58.5 Å². The minimum absolute atomic E-state index is 0.0344. The van der Waals surface area contributed by atoms with Crippen LogP contribution in [0.25, 0.3) is 0 Å². The zero-order valence-electron chi connectivity index (χ0n) is 19.0. The summed E-state index contributed by atoms with van der Waals surface area (Å²) >= 11 is 0. The number of halogens is 2. The molecule has 2 heterocycles. The second kappa shape index (κ2) is 9.40. The van der Waals surface area contributed by atoms with Crippen LogP contribution in [0, 0.1) is 17.0 Å². The Morgan fingerprint density at radius 1 is 0.968 bits per heavy atom. The fourth-order valence-electron chi connectivity index (χ4n) is 4.38. The first-order valence-corrected chi connectivity index (χ1v) is 11.1. The molecule has 0 spiro atoms. The number of likely N-dealkylation sites (tertiary alicyclic amines) is 1. The van der Waals surface area contributed by atoms with E-state index in [1.807, 2.05) is 37.6 Å². The molecule has 0 saturated carbocycles. The van der Waals surface area contributed by atoms with Crippen molar-refractivity contribution in [3.8, 4) is 0 Å². The van der Waals surface area contributed by atoms with Crippen LogP contribution >= 0.6 is 0 Å². The Morgan fingerprint density at radius 2 is 1.52 bits per heavy atom. The summed E-state index contributed by atoms with van der Waals surface area (Å²) in [7, 11) is 1.81. The van der Waals surface area contributed by atoms with Crippen molar-refractivity contribution in [1.29, 1.82) is 0 Å². The minimum atomic E-state index is -0.581. The summed E-state index contributed by atoms with van der Waals surface area (Å²) in [6.45, 7) is 8.38. The highest BCUT2D eigenvalue weighted by Crippen LogP contribution is 2.24. The van der Waals surface area contributed by atoms with Crippen molar-refractivity contribution < 1.29 is 18.4 Å². The highest BCUT2D eigenvalue weighted by Gasteiger charge is 2.33. The first-order valence-electron chi connectivity index (χ1n) is 11.1. The summed E-state index contributed by atoms with van der Waals surface area (Å²) in [6, 6.07) is 3.59. The normalized spacial score (nSPS) is 18.8. The van der Waals surface area contributed by atoms with Gasteiger partial charge in [0, 0.05) is 62.5 Å². The molecule has 2 aliphatic heterocycles. The molecule has 0 aromatic heterocycles. The average Bonchev–Trinajstić information content (AvgIpc) is 2.72. The van der Waals surface area contributed by atoms with Crippen LogP contribution in [0.4, 0.5) is 19.3 Å². The number of carbonyl (C=O) groups is 2. The molecule has 0 bridgehead atoms. The largest absolute Gasteiger partial charge is 0.371 e. The zero-order valence-corrected chi connectivity index (χ0v) is 19.0. The highest BCUT2D eigenvalue weighted by atomic mass is 19.1. The van der Waals surface area contributed by atoms with E-state index in [4.69, 9.17) is 0 Å². The van der Waals surface area contributed by atoms with Crippen molar-refractivity contribution in [2.75, 3.05) is 38.1 Å². The van der Waals surface area contributed by atoms with Gasteiger partial charge in [-0.15, -0.1) is 0 Å². The summed E-state index contributed by atoms with van der Waals surface area (Å²) in [6.07, 6.45) is 2.98. The van der Waals surface area contributed by atoms with E-state index in [-0.39, 0.29) is 29.4 Å². The number of carbonyl (C=O) groups excluding carboxylic acids is 2. The molecule has 0 radical (unpaired) electrons. The van der Waals surface area contributed by atoms with Gasteiger partial charge in [-0.3, -0.25) is 4.79 Å². The molecule has 3 rings (SSSR count). The molecule has 8 heteroatoms. The van der Waals surface area contributed by atoms with E-state index >= 15 is 0 Å². The van der Waals surface area contributed by atoms with Gasteiger partial charge in [-0.05, 0) is 37.8 Å². The van der Waals surface area contributed by atoms with Crippen LogP contribution in [0.5, 0.6) is 0 Å². The average molecular weight is 437 g/mol. The number of piperidine rings is 2. The molecular weight excluding hydrogens is 402 g/mol. The third-order valence-electron chi connectivity index (χ3n) is 6.30. The van der Waals surface area contributed by atoms with Gasteiger partial charge < -0.3 is 20.0 Å². The van der Waals surface area contributed by atoms with Crippen LogP contribution in [0.3, 0.4) is 0 Å². The molecule has 0 unspecified atom stereocenters. The zero-order chi connectivity index (χ0) is 22.8. The lowest BCUT2D eigenvalue weighted by Crippen LogP contribution is -2.54. The van der Waals surface area contributed by atoms with Gasteiger partial charge >= 0.3 is 6.03 Å². The number of rotatable bonds is 3. The molecule has 6 nitrogen and oxygen atoms in total. The maximum Gasteiger partial charge on any atom is 0.317 e. The number of benzene rings is 1. The third-order valence-corrected chi connectivity index (χ3v) is 6.30. The summed E-state index contributed by atoms with van der Waals surface area (Å²) in [5, 5.41) is 3.10. The van der Waals surface area contributed by atoms with Crippen molar-refractivity contribution in [2.24, 2.45) is 5.41 Å². The maximum atomic E-state index is 13.5. The predicted octanol–water partition coefficient (Wildman–Crippen LogP) is 3.61. The van der Waals surface area contributed by atoms with Gasteiger partial charge in [-0.2, -0.15) is 0 Å². The quantitative estimate of drug-likeness (QED) is 0.788. The van der Waals surface area contributed by atoms with Crippen LogP contribution in [-0.2, 0) is 4.79 Å². The maximum absolute atomic E-state index is 13.5. The number of urea groups is 1. The van der Waals surface area contributed by atoms with Gasteiger partial charge in [0.1, 0.15) is 11.6 Å². The second-order valence-corrected chi connectivity index (χ2v) is 9.72. The fourth-order valence-corrected chi connectivity index (χ4v) is 4.38. The van der Waals surface area contributed by atoms with E-state index in [0.29, 0.717) is 31.9 Å². The lowest BCUT2D eigenvalue weighted by atomic mass is 9.93. The van der Waals surface area contributed by atoms with Gasteiger partial charge in [0.25, 0.3) is 0 Å². The van der Waals surface area contributed by atoms with Crippen LogP contribution in [0.15, 0.2) is 18.2 Å². The number of anilines is 1. The number of hydrogen-bond acceptors (Lipinski definition) is 3. The van der Waals surface area contributed by atoms with E-state index in [1.54, 1.807) is 4.90 Å². The smallest absolute Gasteiger partial charge is 0.317 e. The summed E-state index contributed by atoms with van der Waals surface area (Å²) in [5.41, 5.74) is 0.151. The Balaban J connectivity index is 1.45. The number of nitrogens with one attached hydrogen (secondary N) is 1. The molecule has 1 N–H and O–H groups in total. The van der Waals surface area contributed by atoms with Gasteiger partial charge in [0.15, 0.2) is 0 Å². The Bertz CT molecular complexity index is 775. The van der Waals surface area contributed by atoms with Gasteiger partial charge in [0.05, 0.1) is 0 Å². The molecule has 3 amide bonds. The monoisotopic (exact) mass is 436 g/mol. The number of amides is 3. The van der Waals surface area contributed by atoms with Crippen LogP contribution in [0.2, 0.25) is 0 Å². The van der Waals surface area contributed by atoms with Crippen LogP contribution in [-0.4, -0.2) is 67.0 Å². The molecule has 2 fully saturated rings. The highest BCUT2D eigenvalue weighted by molar-refractivity contribution is 5.81. The second-order valence-electron chi connectivity index (χ2n) is 9.72. The van der Waals surface area contributed by atoms with Crippen molar-refractivity contribution in [3.63, 3.8) is 0 Å². The summed E-state index contributed by atoms with van der Waals surface area (Å²) in [4.78, 5) is 30.8. The van der Waals surface area contributed by atoms with Crippen molar-refractivity contribution in [3.05, 3.63) is 29.8 Å². The first-order chi connectivity index (χ1) is 14.5. The SMILES string of the molecule is CN(C(=O)NC1CCN(c2cc(F)cc(F)c2)CC1)C1CCN(C(=O)C(C)(C)C)CC1. The molecule has 31 heavy (non-hydrogen) atoms. The Labute approximate surface area is 183 Å². The fraction of sp³-hybridized carbons (Fsp3) is 0.652. The van der Waals surface area contributed by atoms with Crippen LogP contribution < -0.4 is 10.2 Å². The summed E-state index contributed by atoms with van der Waals surface area (Å²) in [5.74, 6) is -1.01. The predicted molar refractivity (Wildman–Crippen MR) is 117 cm³/mol. The molecular formula is C23H34F2N4O2. The van der Waals surface area contributed by atoms with E-state index in [0.717, 1.165) is 31.7 Å². The summed E-state index contributed by atoms with van der Waals surface area (Å²) < 4.78 is 26.9. The van der Waals surface area contributed by atoms with Gasteiger partial charge in [-0.1, -0.05) is 20.8 Å². The van der Waals surface area contributed by atoms with Crippen LogP contribution in [0.1, 0.15) is 46.5 Å². The van der Waals surface area contributed by atoms with E-state index in [9.17, 15) is 18.4 Å². The van der Waals surface area contributed by atoms with E-state index in [1.165, 1.54) is 12.1 Å². The molecule has 172 valence electrons. The van der Waals surface area contributed by atoms with Crippen molar-refractivity contribution in [1.82, 2.24) is 15.1 Å². The molecule has 1 aromatic rings. The Morgan fingerprint density at radius 3 is 2.03 bits per heavy atom. The Kier molecular flexibility index (Phi) is 7.06. The lowest BCUT2D eigenvalue weighted by molar-refractivity contribution is -0.140. The molecule has 1 aromatic carbocycles. The standard InChI is InChI=1S/C23H34F2N4O2/c1-23(2,3)21(30)29-11-7-19(8-12-29)27(4)22(31)26-18-5-9-28(10-6-18)20-14-16(24)13-17(25)15-20/h13-15,18-19H,5-12H2,1-4H3,(H,26,31). The Hall–Kier alpha value is -2.38. The minimum Gasteiger partial charge on any atom is -0.371 e. The van der Waals surface area contributed by atoms with E-state index in [2.05, 4.69) is 5.32 Å². The van der Waals surface area contributed by atoms with Crippen molar-refractivity contribution >= 4 is 17.6 Å². The van der Waals surface area contributed by atoms with E-state index < -0.39 is 11.6 Å². The van der Waals surface area contributed by atoms with Gasteiger partial charge in [0.2, 0.25) is 5.91 Å². The first kappa shape index (κ1) is 23.3. The molecule has 2 saturated heterocycles.